The van der Waals surface area contributed by atoms with E-state index in [1.165, 1.54) is 39.3 Å². The van der Waals surface area contributed by atoms with Gasteiger partial charge in [0.25, 0.3) is 0 Å². The minimum Gasteiger partial charge on any atom is -0.376 e. The minimum absolute atomic E-state index is 0.00452. The third-order valence-electron chi connectivity index (χ3n) is 5.44. The summed E-state index contributed by atoms with van der Waals surface area (Å²) in [4.78, 5) is 2.46. The van der Waals surface area contributed by atoms with Crippen LogP contribution in [0.15, 0.2) is 54.6 Å². The van der Waals surface area contributed by atoms with Gasteiger partial charge in [-0.25, -0.2) is 0 Å². The molecule has 0 bridgehead atoms. The fraction of sp³-hybridized carbons (Fsp3) is 0.333. The number of nitrogens with zero attached hydrogens (tertiary/aromatic N) is 1. The second kappa shape index (κ2) is 5.51. The van der Waals surface area contributed by atoms with E-state index in [0.29, 0.717) is 0 Å². The van der Waals surface area contributed by atoms with Crippen molar-refractivity contribution in [3.8, 4) is 0 Å². The number of fused-ring (bicyclic) bond motifs is 2. The number of nitrogens with one attached hydrogen (secondary N) is 1. The molecule has 1 N–H and O–H groups in total. The molecule has 2 aromatic rings. The molecular weight excluding hydrogens is 316 g/mol. The van der Waals surface area contributed by atoms with Crippen LogP contribution in [-0.2, 0) is 0 Å². The van der Waals surface area contributed by atoms with Crippen LogP contribution in [0.25, 0.3) is 11.1 Å². The highest BCUT2D eigenvalue weighted by Gasteiger charge is 2.33. The van der Waals surface area contributed by atoms with E-state index in [1.54, 1.807) is 0 Å². The first-order valence-corrected chi connectivity index (χ1v) is 9.39. The van der Waals surface area contributed by atoms with Crippen LogP contribution in [0.5, 0.6) is 0 Å². The molecule has 0 aromatic heterocycles. The molecule has 2 nitrogen and oxygen atoms in total. The zero-order valence-electron chi connectivity index (χ0n) is 16.6. The van der Waals surface area contributed by atoms with Crippen LogP contribution < -0.4 is 10.2 Å². The van der Waals surface area contributed by atoms with E-state index in [2.05, 4.69) is 106 Å². The maximum absolute atomic E-state index is 3.64. The SMILES string of the molecule is CC1=CC(C)(C)Nc2ccc(N3c4ccccc4C(C)=CC3(C)C)cc21. The van der Waals surface area contributed by atoms with E-state index in [9.17, 15) is 0 Å². The molecule has 2 aliphatic heterocycles. The molecule has 2 heterocycles. The summed E-state index contributed by atoms with van der Waals surface area (Å²) in [5, 5.41) is 3.64. The summed E-state index contributed by atoms with van der Waals surface area (Å²) in [6, 6.07) is 15.5. The molecule has 2 aliphatic rings. The molecule has 26 heavy (non-hydrogen) atoms. The van der Waals surface area contributed by atoms with Crippen molar-refractivity contribution < 1.29 is 0 Å². The molecule has 0 aliphatic carbocycles. The number of benzene rings is 2. The monoisotopic (exact) mass is 344 g/mol. The molecule has 134 valence electrons. The Morgan fingerprint density at radius 3 is 2.27 bits per heavy atom. The number of hydrogen-bond donors (Lipinski definition) is 1. The fourth-order valence-corrected chi connectivity index (χ4v) is 4.57. The lowest BCUT2D eigenvalue weighted by Crippen LogP contribution is -2.41. The van der Waals surface area contributed by atoms with Crippen LogP contribution in [0.3, 0.4) is 0 Å². The minimum atomic E-state index is -0.0777. The first-order valence-electron chi connectivity index (χ1n) is 9.39. The van der Waals surface area contributed by atoms with E-state index in [0.717, 1.165) is 0 Å². The number of rotatable bonds is 1. The molecule has 0 amide bonds. The Balaban J connectivity index is 1.87. The second-order valence-corrected chi connectivity index (χ2v) is 8.74. The molecule has 4 rings (SSSR count). The van der Waals surface area contributed by atoms with E-state index >= 15 is 0 Å². The first kappa shape index (κ1) is 17.0. The highest BCUT2D eigenvalue weighted by molar-refractivity contribution is 5.88. The topological polar surface area (TPSA) is 15.3 Å². The van der Waals surface area contributed by atoms with Gasteiger partial charge in [0.05, 0.1) is 11.1 Å². The highest BCUT2D eigenvalue weighted by Crippen LogP contribution is 2.45. The summed E-state index contributed by atoms with van der Waals surface area (Å²) >= 11 is 0. The summed E-state index contributed by atoms with van der Waals surface area (Å²) in [5.74, 6) is 0. The van der Waals surface area contributed by atoms with Gasteiger partial charge in [-0.2, -0.15) is 0 Å². The average molecular weight is 345 g/mol. The molecule has 0 atom stereocenters. The molecule has 0 spiro atoms. The van der Waals surface area contributed by atoms with Gasteiger partial charge in [0.15, 0.2) is 0 Å². The van der Waals surface area contributed by atoms with E-state index < -0.39 is 0 Å². The van der Waals surface area contributed by atoms with Crippen LogP contribution in [0.2, 0.25) is 0 Å². The van der Waals surface area contributed by atoms with Crippen LogP contribution in [0, 0.1) is 0 Å². The van der Waals surface area contributed by atoms with Gasteiger partial charge in [0.2, 0.25) is 0 Å². The van der Waals surface area contributed by atoms with Crippen molar-refractivity contribution in [3.05, 3.63) is 65.7 Å². The Kier molecular flexibility index (Phi) is 3.59. The summed E-state index contributed by atoms with van der Waals surface area (Å²) in [6.45, 7) is 13.4. The Labute approximate surface area is 157 Å². The third-order valence-corrected chi connectivity index (χ3v) is 5.44. The maximum Gasteiger partial charge on any atom is 0.0583 e. The number of hydrogen-bond acceptors (Lipinski definition) is 2. The maximum atomic E-state index is 3.64. The zero-order valence-corrected chi connectivity index (χ0v) is 16.6. The van der Waals surface area contributed by atoms with Gasteiger partial charge in [-0.15, -0.1) is 0 Å². The van der Waals surface area contributed by atoms with Crippen LogP contribution in [0.4, 0.5) is 17.1 Å². The Morgan fingerprint density at radius 2 is 1.50 bits per heavy atom. The van der Waals surface area contributed by atoms with Crippen molar-refractivity contribution in [2.45, 2.75) is 52.6 Å². The van der Waals surface area contributed by atoms with Gasteiger partial charge in [-0.3, -0.25) is 0 Å². The summed E-state index contributed by atoms with van der Waals surface area (Å²) < 4.78 is 0. The summed E-state index contributed by atoms with van der Waals surface area (Å²) in [5.41, 5.74) is 8.94. The van der Waals surface area contributed by atoms with Gasteiger partial charge >= 0.3 is 0 Å². The Morgan fingerprint density at radius 1 is 0.808 bits per heavy atom. The van der Waals surface area contributed by atoms with Crippen LogP contribution >= 0.6 is 0 Å². The van der Waals surface area contributed by atoms with Crippen molar-refractivity contribution >= 4 is 28.2 Å². The third kappa shape index (κ3) is 2.65. The van der Waals surface area contributed by atoms with Crippen molar-refractivity contribution in [3.63, 3.8) is 0 Å². The molecule has 2 aromatic carbocycles. The predicted molar refractivity (Wildman–Crippen MR) is 114 cm³/mol. The molecule has 0 radical (unpaired) electrons. The molecule has 0 saturated heterocycles. The highest BCUT2D eigenvalue weighted by atomic mass is 15.2. The predicted octanol–water partition coefficient (Wildman–Crippen LogP) is 6.63. The average Bonchev–Trinajstić information content (AvgIpc) is 2.53. The van der Waals surface area contributed by atoms with Crippen LogP contribution in [0.1, 0.15) is 52.7 Å². The van der Waals surface area contributed by atoms with Gasteiger partial charge < -0.3 is 10.2 Å². The Bertz CT molecular complexity index is 944. The van der Waals surface area contributed by atoms with E-state index in [-0.39, 0.29) is 11.1 Å². The number of allylic oxidation sites excluding steroid dienone is 2. The van der Waals surface area contributed by atoms with Crippen molar-refractivity contribution in [2.24, 2.45) is 0 Å². The van der Waals surface area contributed by atoms with Crippen molar-refractivity contribution in [1.29, 1.82) is 0 Å². The number of para-hydroxylation sites is 1. The largest absolute Gasteiger partial charge is 0.376 e. The number of anilines is 3. The molecule has 0 saturated carbocycles. The lowest BCUT2D eigenvalue weighted by Gasteiger charge is -2.44. The molecule has 0 fully saturated rings. The lowest BCUT2D eigenvalue weighted by molar-refractivity contribution is 0.622. The lowest BCUT2D eigenvalue weighted by atomic mass is 9.87. The van der Waals surface area contributed by atoms with Gasteiger partial charge in [-0.1, -0.05) is 30.4 Å². The van der Waals surface area contributed by atoms with E-state index in [1.807, 2.05) is 0 Å². The zero-order chi connectivity index (χ0) is 18.7. The fourth-order valence-electron chi connectivity index (χ4n) is 4.57. The molecular formula is C24H28N2. The second-order valence-electron chi connectivity index (χ2n) is 8.74. The molecule has 0 unspecified atom stereocenters. The van der Waals surface area contributed by atoms with Gasteiger partial charge in [0.1, 0.15) is 0 Å². The normalized spacial score (nSPS) is 19.7. The molecule has 2 heteroatoms. The van der Waals surface area contributed by atoms with Gasteiger partial charge in [-0.05, 0) is 77.0 Å². The quantitative estimate of drug-likeness (QED) is 0.625. The van der Waals surface area contributed by atoms with Gasteiger partial charge in [0, 0.05) is 28.2 Å². The first-order chi connectivity index (χ1) is 12.2. The van der Waals surface area contributed by atoms with E-state index in [4.69, 9.17) is 0 Å². The summed E-state index contributed by atoms with van der Waals surface area (Å²) in [6.07, 6.45) is 4.69. The smallest absolute Gasteiger partial charge is 0.0583 e. The Hall–Kier alpha value is -2.48. The standard InChI is InChI=1S/C24H28N2/c1-16-14-23(3,4)25-21-12-11-18(13-20(16)21)26-22-10-8-7-9-19(22)17(2)15-24(26,5)6/h7-15,25H,1-6H3. The summed E-state index contributed by atoms with van der Waals surface area (Å²) in [7, 11) is 0. The van der Waals surface area contributed by atoms with Crippen LogP contribution in [-0.4, -0.2) is 11.1 Å². The van der Waals surface area contributed by atoms with Crippen molar-refractivity contribution in [2.75, 3.05) is 10.2 Å². The van der Waals surface area contributed by atoms with Crippen molar-refractivity contribution in [1.82, 2.24) is 0 Å².